The first kappa shape index (κ1) is 22.3. The van der Waals surface area contributed by atoms with Crippen molar-refractivity contribution in [1.29, 1.82) is 0 Å². The Morgan fingerprint density at radius 2 is 1.84 bits per heavy atom. The molecule has 1 fully saturated rings. The molecular weight excluding hydrogens is 402 g/mol. The zero-order valence-electron chi connectivity index (χ0n) is 18.6. The van der Waals surface area contributed by atoms with Crippen LogP contribution in [0.3, 0.4) is 0 Å². The maximum absolute atomic E-state index is 10.5. The lowest BCUT2D eigenvalue weighted by molar-refractivity contribution is 0.0227. The maximum atomic E-state index is 10.5. The smallest absolute Gasteiger partial charge is 0.222 e. The second-order valence-corrected chi connectivity index (χ2v) is 8.18. The molecule has 0 bridgehead atoms. The third kappa shape index (κ3) is 5.65. The molecule has 0 saturated heterocycles. The Bertz CT molecular complexity index is 1000. The number of rotatable bonds is 12. The molecule has 1 aliphatic rings. The van der Waals surface area contributed by atoms with Gasteiger partial charge in [0, 0.05) is 31.7 Å². The van der Waals surface area contributed by atoms with Crippen LogP contribution in [-0.4, -0.2) is 51.7 Å². The normalized spacial score (nSPS) is 14.5. The van der Waals surface area contributed by atoms with Gasteiger partial charge in [-0.3, -0.25) is 4.90 Å². The van der Waals surface area contributed by atoms with Gasteiger partial charge in [-0.15, -0.1) is 6.58 Å². The van der Waals surface area contributed by atoms with Gasteiger partial charge in [-0.2, -0.15) is 5.10 Å². The minimum Gasteiger partial charge on any atom is -0.439 e. The molecule has 0 radical (unpaired) electrons. The molecular formula is C26H31N3O3. The number of benzene rings is 2. The quantitative estimate of drug-likeness (QED) is 0.339. The van der Waals surface area contributed by atoms with E-state index in [-0.39, 0.29) is 0 Å². The van der Waals surface area contributed by atoms with Crippen molar-refractivity contribution in [3.8, 4) is 22.9 Å². The zero-order chi connectivity index (χ0) is 22.3. The standard InChI is InChI=1S/C26H31N3O3/c1-3-16-31-19-22(30)17-29(21-14-15-21)18-24-25(20-10-6-4-7-11-20)27-28(2)26(24)32-23-12-8-5-9-13-23/h3-13,21-22,30H,1,14-19H2,2H3. The second-order valence-electron chi connectivity index (χ2n) is 8.18. The first-order chi connectivity index (χ1) is 15.7. The predicted octanol–water partition coefficient (Wildman–Crippen LogP) is 4.41. The van der Waals surface area contributed by atoms with Crippen LogP contribution in [0, 0.1) is 0 Å². The van der Waals surface area contributed by atoms with Crippen molar-refractivity contribution in [2.75, 3.05) is 19.8 Å². The number of aryl methyl sites for hydroxylation is 1. The third-order valence-corrected chi connectivity index (χ3v) is 5.51. The van der Waals surface area contributed by atoms with Crippen LogP contribution in [0.1, 0.15) is 18.4 Å². The van der Waals surface area contributed by atoms with E-state index in [1.54, 1.807) is 10.8 Å². The van der Waals surface area contributed by atoms with Crippen LogP contribution >= 0.6 is 0 Å². The van der Waals surface area contributed by atoms with Gasteiger partial charge >= 0.3 is 0 Å². The van der Waals surface area contributed by atoms with Crippen LogP contribution in [0.15, 0.2) is 73.3 Å². The first-order valence-corrected chi connectivity index (χ1v) is 11.1. The lowest BCUT2D eigenvalue weighted by atomic mass is 10.1. The van der Waals surface area contributed by atoms with Crippen molar-refractivity contribution in [3.63, 3.8) is 0 Å². The van der Waals surface area contributed by atoms with Crippen molar-refractivity contribution in [1.82, 2.24) is 14.7 Å². The average Bonchev–Trinajstić information content (AvgIpc) is 3.62. The van der Waals surface area contributed by atoms with Gasteiger partial charge in [-0.25, -0.2) is 4.68 Å². The van der Waals surface area contributed by atoms with Crippen molar-refractivity contribution >= 4 is 0 Å². The molecule has 168 valence electrons. The number of nitrogens with zero attached hydrogens (tertiary/aromatic N) is 3. The van der Waals surface area contributed by atoms with Crippen LogP contribution in [0.5, 0.6) is 11.6 Å². The molecule has 6 nitrogen and oxygen atoms in total. The van der Waals surface area contributed by atoms with Crippen molar-refractivity contribution in [2.24, 2.45) is 7.05 Å². The molecule has 1 aliphatic carbocycles. The predicted molar refractivity (Wildman–Crippen MR) is 126 cm³/mol. The largest absolute Gasteiger partial charge is 0.439 e. The van der Waals surface area contributed by atoms with E-state index in [0.717, 1.165) is 41.3 Å². The average molecular weight is 434 g/mol. The lowest BCUT2D eigenvalue weighted by Crippen LogP contribution is -2.36. The van der Waals surface area contributed by atoms with Gasteiger partial charge in [0.1, 0.15) is 11.4 Å². The number of hydrogen-bond donors (Lipinski definition) is 1. The van der Waals surface area contributed by atoms with E-state index in [1.165, 1.54) is 0 Å². The topological polar surface area (TPSA) is 59.8 Å². The Morgan fingerprint density at radius 1 is 1.16 bits per heavy atom. The maximum Gasteiger partial charge on any atom is 0.222 e. The summed E-state index contributed by atoms with van der Waals surface area (Å²) >= 11 is 0. The molecule has 1 N–H and O–H groups in total. The Balaban J connectivity index is 1.63. The van der Waals surface area contributed by atoms with Gasteiger partial charge in [-0.05, 0) is 25.0 Å². The summed E-state index contributed by atoms with van der Waals surface area (Å²) in [4.78, 5) is 2.32. The fourth-order valence-corrected chi connectivity index (χ4v) is 3.85. The van der Waals surface area contributed by atoms with E-state index in [0.29, 0.717) is 32.3 Å². The van der Waals surface area contributed by atoms with Crippen LogP contribution < -0.4 is 4.74 Å². The minimum atomic E-state index is -0.564. The zero-order valence-corrected chi connectivity index (χ0v) is 18.6. The van der Waals surface area contributed by atoms with E-state index in [2.05, 4.69) is 23.6 Å². The molecule has 32 heavy (non-hydrogen) atoms. The monoisotopic (exact) mass is 433 g/mol. The molecule has 0 spiro atoms. The number of aliphatic hydroxyl groups is 1. The highest BCUT2D eigenvalue weighted by Gasteiger charge is 2.33. The highest BCUT2D eigenvalue weighted by molar-refractivity contribution is 5.65. The van der Waals surface area contributed by atoms with E-state index in [4.69, 9.17) is 14.6 Å². The Labute approximate surface area is 189 Å². The van der Waals surface area contributed by atoms with Crippen molar-refractivity contribution < 1.29 is 14.6 Å². The molecule has 6 heteroatoms. The van der Waals surface area contributed by atoms with Gasteiger partial charge in [0.2, 0.25) is 5.88 Å². The second kappa shape index (κ2) is 10.6. The number of para-hydroxylation sites is 1. The summed E-state index contributed by atoms with van der Waals surface area (Å²) in [6.07, 6.45) is 3.40. The molecule has 1 saturated carbocycles. The first-order valence-electron chi connectivity index (χ1n) is 11.1. The summed E-state index contributed by atoms with van der Waals surface area (Å²) in [5.74, 6) is 1.49. The summed E-state index contributed by atoms with van der Waals surface area (Å²) in [5.41, 5.74) is 2.97. The van der Waals surface area contributed by atoms with Crippen LogP contribution in [0.4, 0.5) is 0 Å². The number of aromatic nitrogens is 2. The molecule has 0 amide bonds. The van der Waals surface area contributed by atoms with E-state index in [1.807, 2.05) is 55.6 Å². The molecule has 2 aromatic carbocycles. The van der Waals surface area contributed by atoms with E-state index >= 15 is 0 Å². The van der Waals surface area contributed by atoms with E-state index in [9.17, 15) is 5.11 Å². The van der Waals surface area contributed by atoms with Gasteiger partial charge in [-0.1, -0.05) is 54.6 Å². The Hall–Kier alpha value is -2.93. The summed E-state index contributed by atoms with van der Waals surface area (Å²) < 4.78 is 13.6. The van der Waals surface area contributed by atoms with Crippen molar-refractivity contribution in [3.05, 3.63) is 78.9 Å². The number of aliphatic hydroxyl groups excluding tert-OH is 1. The summed E-state index contributed by atoms with van der Waals surface area (Å²) in [7, 11) is 1.91. The molecule has 3 aromatic rings. The SMILES string of the molecule is C=CCOCC(O)CN(Cc1c(-c2ccccc2)nn(C)c1Oc1ccccc1)C1CC1. The van der Waals surface area contributed by atoms with Gasteiger partial charge in [0.05, 0.1) is 24.9 Å². The number of ether oxygens (including phenoxy) is 2. The summed E-state index contributed by atoms with van der Waals surface area (Å²) in [6, 6.07) is 20.4. The molecule has 1 heterocycles. The summed E-state index contributed by atoms with van der Waals surface area (Å²) in [6.45, 7) is 5.57. The van der Waals surface area contributed by atoms with Crippen LogP contribution in [-0.2, 0) is 18.3 Å². The highest BCUT2D eigenvalue weighted by Crippen LogP contribution is 2.37. The fraction of sp³-hybridized carbons (Fsp3) is 0.346. The Kier molecular flexibility index (Phi) is 7.37. The summed E-state index contributed by atoms with van der Waals surface area (Å²) in [5, 5.41) is 15.4. The minimum absolute atomic E-state index is 0.293. The van der Waals surface area contributed by atoms with Gasteiger partial charge in [0.25, 0.3) is 0 Å². The van der Waals surface area contributed by atoms with Gasteiger partial charge in [0.15, 0.2) is 0 Å². The molecule has 1 atom stereocenters. The number of hydrogen-bond acceptors (Lipinski definition) is 5. The molecule has 1 unspecified atom stereocenters. The van der Waals surface area contributed by atoms with Crippen LogP contribution in [0.25, 0.3) is 11.3 Å². The van der Waals surface area contributed by atoms with Crippen LogP contribution in [0.2, 0.25) is 0 Å². The molecule has 1 aromatic heterocycles. The highest BCUT2D eigenvalue weighted by atomic mass is 16.5. The molecule has 0 aliphatic heterocycles. The lowest BCUT2D eigenvalue weighted by Gasteiger charge is -2.25. The third-order valence-electron chi connectivity index (χ3n) is 5.51. The van der Waals surface area contributed by atoms with Crippen molar-refractivity contribution in [2.45, 2.75) is 31.5 Å². The van der Waals surface area contributed by atoms with E-state index < -0.39 is 6.10 Å². The molecule has 4 rings (SSSR count). The Morgan fingerprint density at radius 3 is 2.50 bits per heavy atom. The fourth-order valence-electron chi connectivity index (χ4n) is 3.85. The van der Waals surface area contributed by atoms with Gasteiger partial charge < -0.3 is 14.6 Å².